The minimum absolute atomic E-state index is 2.71. The topological polar surface area (TPSA) is 44.8 Å². The predicted octanol–water partition coefficient (Wildman–Crippen LogP) is 5.14. The summed E-state index contributed by atoms with van der Waals surface area (Å²) in [7, 11) is -6.26. The van der Waals surface area contributed by atoms with Gasteiger partial charge in [-0.15, -0.1) is 0 Å². The standard InChI is InChI=1S/C9H8F13O4P/c10-4(11)6(14,15)1-24-27(23,25-2-7(16,17)5(12)13)26-3-8(18,19)9(20,21)22/h4-5H,1-3H2. The number of phosphoric acid groups is 1. The fourth-order valence-corrected chi connectivity index (χ4v) is 2.01. The van der Waals surface area contributed by atoms with E-state index in [4.69, 9.17) is 0 Å². The highest BCUT2D eigenvalue weighted by Gasteiger charge is 2.59. The second-order valence-corrected chi connectivity index (χ2v) is 6.26. The summed E-state index contributed by atoms with van der Waals surface area (Å²) in [5.74, 6) is -16.2. The van der Waals surface area contributed by atoms with Gasteiger partial charge >= 0.3 is 44.6 Å². The van der Waals surface area contributed by atoms with Crippen molar-refractivity contribution in [3.8, 4) is 0 Å². The van der Waals surface area contributed by atoms with Crippen LogP contribution in [0.25, 0.3) is 0 Å². The number of alkyl halides is 13. The van der Waals surface area contributed by atoms with Crippen LogP contribution in [0.4, 0.5) is 57.1 Å². The summed E-state index contributed by atoms with van der Waals surface area (Å²) >= 11 is 0. The molecule has 0 bridgehead atoms. The molecule has 0 aliphatic rings. The third-order valence-electron chi connectivity index (χ3n) is 2.29. The molecule has 164 valence electrons. The molecule has 0 atom stereocenters. The Balaban J connectivity index is 5.34. The first-order valence-corrected chi connectivity index (χ1v) is 7.52. The Kier molecular flexibility index (Phi) is 8.44. The Morgan fingerprint density at radius 2 is 0.926 bits per heavy atom. The second-order valence-electron chi connectivity index (χ2n) is 4.59. The summed E-state index contributed by atoms with van der Waals surface area (Å²) in [6.45, 7) is -8.42. The largest absolute Gasteiger partial charge is 0.475 e. The number of hydrogen-bond acceptors (Lipinski definition) is 4. The molecule has 0 spiro atoms. The van der Waals surface area contributed by atoms with Gasteiger partial charge < -0.3 is 0 Å². The van der Waals surface area contributed by atoms with Crippen LogP contribution in [0.1, 0.15) is 0 Å². The van der Waals surface area contributed by atoms with Crippen LogP contribution in [0.5, 0.6) is 0 Å². The van der Waals surface area contributed by atoms with Crippen molar-refractivity contribution in [1.29, 1.82) is 0 Å². The van der Waals surface area contributed by atoms with E-state index in [9.17, 15) is 61.6 Å². The second kappa shape index (κ2) is 8.69. The predicted molar refractivity (Wildman–Crippen MR) is 58.4 cm³/mol. The molecule has 18 heteroatoms. The molecule has 0 aromatic heterocycles. The zero-order chi connectivity index (χ0) is 21.9. The molecule has 0 aliphatic carbocycles. The van der Waals surface area contributed by atoms with E-state index in [2.05, 4.69) is 13.6 Å². The van der Waals surface area contributed by atoms with Gasteiger partial charge in [0.15, 0.2) is 0 Å². The lowest BCUT2D eigenvalue weighted by Crippen LogP contribution is -2.41. The molecular formula is C9H8F13O4P. The molecule has 0 fully saturated rings. The maximum atomic E-state index is 12.6. The summed E-state index contributed by atoms with van der Waals surface area (Å²) < 4.78 is 181. The van der Waals surface area contributed by atoms with Gasteiger partial charge in [0.25, 0.3) is 0 Å². The van der Waals surface area contributed by atoms with Gasteiger partial charge in [0.1, 0.15) is 19.8 Å². The van der Waals surface area contributed by atoms with Crippen molar-refractivity contribution < 1.29 is 75.2 Å². The monoisotopic (exact) mass is 458 g/mol. The minimum Gasteiger partial charge on any atom is -0.280 e. The van der Waals surface area contributed by atoms with E-state index in [1.54, 1.807) is 0 Å². The zero-order valence-corrected chi connectivity index (χ0v) is 13.2. The van der Waals surface area contributed by atoms with Gasteiger partial charge in [-0.05, 0) is 0 Å². The van der Waals surface area contributed by atoms with E-state index in [-0.39, 0.29) is 0 Å². The first kappa shape index (κ1) is 26.2. The molecule has 0 radical (unpaired) electrons. The molecule has 0 saturated heterocycles. The molecule has 0 rings (SSSR count). The van der Waals surface area contributed by atoms with Crippen molar-refractivity contribution in [2.24, 2.45) is 0 Å². The summed E-state index contributed by atoms with van der Waals surface area (Å²) in [5, 5.41) is 0. The molecule has 0 amide bonds. The summed E-state index contributed by atoms with van der Waals surface area (Å²) in [6.07, 6.45) is -15.4. The van der Waals surface area contributed by atoms with Crippen LogP contribution in [0.15, 0.2) is 0 Å². The lowest BCUT2D eigenvalue weighted by Gasteiger charge is -2.25. The number of phosphoric ester groups is 1. The van der Waals surface area contributed by atoms with E-state index in [0.717, 1.165) is 0 Å². The third kappa shape index (κ3) is 7.99. The molecule has 0 saturated carbocycles. The lowest BCUT2D eigenvalue weighted by molar-refractivity contribution is -0.291. The van der Waals surface area contributed by atoms with Crippen LogP contribution in [0.2, 0.25) is 0 Å². The van der Waals surface area contributed by atoms with Crippen LogP contribution >= 0.6 is 7.82 Å². The van der Waals surface area contributed by atoms with Gasteiger partial charge in [0.2, 0.25) is 0 Å². The first-order chi connectivity index (χ1) is 11.8. The molecule has 27 heavy (non-hydrogen) atoms. The van der Waals surface area contributed by atoms with Gasteiger partial charge in [0.05, 0.1) is 0 Å². The molecule has 0 aliphatic heterocycles. The quantitative estimate of drug-likeness (QED) is 0.318. The van der Waals surface area contributed by atoms with Gasteiger partial charge in [-0.1, -0.05) is 0 Å². The van der Waals surface area contributed by atoms with E-state index in [0.29, 0.717) is 0 Å². The van der Waals surface area contributed by atoms with Crippen LogP contribution in [-0.2, 0) is 18.1 Å². The van der Waals surface area contributed by atoms with Crippen molar-refractivity contribution >= 4 is 7.82 Å². The van der Waals surface area contributed by atoms with Gasteiger partial charge in [-0.25, -0.2) is 22.1 Å². The molecular weight excluding hydrogens is 450 g/mol. The molecule has 4 nitrogen and oxygen atoms in total. The highest BCUT2D eigenvalue weighted by Crippen LogP contribution is 2.53. The average Bonchev–Trinajstić information content (AvgIpc) is 2.48. The Morgan fingerprint density at radius 1 is 0.630 bits per heavy atom. The van der Waals surface area contributed by atoms with E-state index < -0.39 is 64.4 Å². The van der Waals surface area contributed by atoms with Crippen LogP contribution in [0.3, 0.4) is 0 Å². The van der Waals surface area contributed by atoms with Gasteiger partial charge in [-0.2, -0.15) is 39.5 Å². The summed E-state index contributed by atoms with van der Waals surface area (Å²) in [5.41, 5.74) is 0. The van der Waals surface area contributed by atoms with E-state index >= 15 is 0 Å². The summed E-state index contributed by atoms with van der Waals surface area (Å²) in [6, 6.07) is 0. The number of halogens is 13. The fraction of sp³-hybridized carbons (Fsp3) is 1.00. The van der Waals surface area contributed by atoms with Crippen LogP contribution < -0.4 is 0 Å². The molecule has 0 heterocycles. The lowest BCUT2D eigenvalue weighted by atomic mass is 10.3. The zero-order valence-electron chi connectivity index (χ0n) is 12.3. The molecule has 0 aromatic rings. The summed E-state index contributed by atoms with van der Waals surface area (Å²) in [4.78, 5) is 0. The number of rotatable bonds is 11. The minimum atomic E-state index is -6.36. The van der Waals surface area contributed by atoms with Crippen molar-refractivity contribution in [2.45, 2.75) is 36.8 Å². The van der Waals surface area contributed by atoms with E-state index in [1.165, 1.54) is 0 Å². The Morgan fingerprint density at radius 3 is 1.19 bits per heavy atom. The van der Waals surface area contributed by atoms with Crippen molar-refractivity contribution in [3.63, 3.8) is 0 Å². The van der Waals surface area contributed by atoms with Crippen molar-refractivity contribution in [3.05, 3.63) is 0 Å². The van der Waals surface area contributed by atoms with E-state index in [1.807, 2.05) is 0 Å². The maximum absolute atomic E-state index is 12.6. The van der Waals surface area contributed by atoms with Gasteiger partial charge in [-0.3, -0.25) is 13.6 Å². The highest BCUT2D eigenvalue weighted by atomic mass is 31.2. The Hall–Kier alpha value is -0.800. The molecule has 0 unspecified atom stereocenters. The maximum Gasteiger partial charge on any atom is 0.475 e. The SMILES string of the molecule is O=P(OCC(F)(F)C(F)F)(OCC(F)(F)C(F)F)OCC(F)(F)C(F)(F)F. The van der Waals surface area contributed by atoms with Crippen molar-refractivity contribution in [2.75, 3.05) is 19.8 Å². The Labute approximate surface area is 141 Å². The highest BCUT2D eigenvalue weighted by molar-refractivity contribution is 7.48. The third-order valence-corrected chi connectivity index (χ3v) is 3.62. The molecule has 0 aromatic carbocycles. The first-order valence-electron chi connectivity index (χ1n) is 6.06. The normalized spacial score (nSPS) is 15.1. The van der Waals surface area contributed by atoms with Crippen LogP contribution in [0, 0.1) is 0 Å². The average molecular weight is 458 g/mol. The van der Waals surface area contributed by atoms with Crippen molar-refractivity contribution in [1.82, 2.24) is 0 Å². The number of hydrogen-bond donors (Lipinski definition) is 0. The smallest absolute Gasteiger partial charge is 0.280 e. The van der Waals surface area contributed by atoms with Crippen LogP contribution in [-0.4, -0.2) is 56.6 Å². The fourth-order valence-electron chi connectivity index (χ4n) is 0.810. The molecule has 0 N–H and O–H groups in total. The Bertz CT molecular complexity index is 492. The van der Waals surface area contributed by atoms with Gasteiger partial charge in [0, 0.05) is 0 Å².